The van der Waals surface area contributed by atoms with Crippen LogP contribution in [0.15, 0.2) is 71.6 Å². The lowest BCUT2D eigenvalue weighted by molar-refractivity contribution is -0.144. The van der Waals surface area contributed by atoms with Gasteiger partial charge in [0.05, 0.1) is 15.2 Å². The molecule has 200 valence electrons. The zero-order valence-electron chi connectivity index (χ0n) is 20.1. The standard InChI is InChI=1S/C28H26ClF2NO5S/c29-22-10-6-17(27(34)32-20-9-11-23(30)24(31)15-20)12-25(22)38(36,37)21-13-18-7-8-19(14-21)28(18,35)26(33)16-4-2-1-3-5-16/h1-6,9-12,15,18-19,21,26,33,35H,7-8,13-14H2,(H,32,34)/t18-,19+,21-,26?,28-. The number of aliphatic hydroxyl groups excluding tert-OH is 1. The van der Waals surface area contributed by atoms with Crippen molar-refractivity contribution in [1.29, 1.82) is 0 Å². The molecule has 3 N–H and O–H groups in total. The summed E-state index contributed by atoms with van der Waals surface area (Å²) < 4.78 is 54.2. The molecule has 1 amide bonds. The van der Waals surface area contributed by atoms with Crippen LogP contribution in [0.5, 0.6) is 0 Å². The second-order valence-electron chi connectivity index (χ2n) is 10.0. The van der Waals surface area contributed by atoms with Crippen molar-refractivity contribution in [2.24, 2.45) is 11.8 Å². The van der Waals surface area contributed by atoms with Crippen LogP contribution < -0.4 is 5.32 Å². The van der Waals surface area contributed by atoms with Crippen LogP contribution in [-0.2, 0) is 9.84 Å². The van der Waals surface area contributed by atoms with Gasteiger partial charge in [-0.3, -0.25) is 4.79 Å². The number of anilines is 1. The van der Waals surface area contributed by atoms with Gasteiger partial charge in [-0.15, -0.1) is 0 Å². The average Bonchev–Trinajstić information content (AvgIpc) is 3.06. The Morgan fingerprint density at radius 1 is 0.974 bits per heavy atom. The summed E-state index contributed by atoms with van der Waals surface area (Å²) >= 11 is 6.29. The van der Waals surface area contributed by atoms with E-state index in [2.05, 4.69) is 5.32 Å². The van der Waals surface area contributed by atoms with Crippen molar-refractivity contribution in [1.82, 2.24) is 0 Å². The smallest absolute Gasteiger partial charge is 0.255 e. The lowest BCUT2D eigenvalue weighted by atomic mass is 9.69. The molecule has 3 aromatic rings. The summed E-state index contributed by atoms with van der Waals surface area (Å²) in [6.07, 6.45) is 0.307. The molecule has 10 heteroatoms. The van der Waals surface area contributed by atoms with Crippen LogP contribution in [0, 0.1) is 23.5 Å². The van der Waals surface area contributed by atoms with E-state index in [0.29, 0.717) is 18.4 Å². The Labute approximate surface area is 224 Å². The zero-order chi connectivity index (χ0) is 27.2. The van der Waals surface area contributed by atoms with Crippen molar-refractivity contribution in [3.63, 3.8) is 0 Å². The number of sulfone groups is 1. The Kier molecular flexibility index (Phi) is 7.06. The fraction of sp³-hybridized carbons (Fsp3) is 0.321. The van der Waals surface area contributed by atoms with Crippen LogP contribution in [0.1, 0.15) is 47.7 Å². The van der Waals surface area contributed by atoms with E-state index in [1.165, 1.54) is 24.3 Å². The fourth-order valence-corrected chi connectivity index (χ4v) is 8.37. The molecule has 38 heavy (non-hydrogen) atoms. The van der Waals surface area contributed by atoms with E-state index < -0.39 is 56.2 Å². The molecule has 2 saturated carbocycles. The van der Waals surface area contributed by atoms with Crippen LogP contribution in [0.2, 0.25) is 5.02 Å². The van der Waals surface area contributed by atoms with Crippen molar-refractivity contribution in [2.75, 3.05) is 5.32 Å². The summed E-state index contributed by atoms with van der Waals surface area (Å²) in [6.45, 7) is 0. The van der Waals surface area contributed by atoms with E-state index in [-0.39, 0.29) is 34.0 Å². The van der Waals surface area contributed by atoms with Crippen LogP contribution >= 0.6 is 11.6 Å². The molecule has 3 aromatic carbocycles. The van der Waals surface area contributed by atoms with E-state index in [1.54, 1.807) is 24.3 Å². The number of carbonyl (C=O) groups excluding carboxylic acids is 1. The molecule has 6 nitrogen and oxygen atoms in total. The molecule has 1 unspecified atom stereocenters. The number of fused-ring (bicyclic) bond motifs is 2. The maximum absolute atomic E-state index is 13.7. The third-order valence-corrected chi connectivity index (χ3v) is 10.6. The molecule has 2 aliphatic carbocycles. The molecule has 0 aliphatic heterocycles. The van der Waals surface area contributed by atoms with Gasteiger partial charge in [0.15, 0.2) is 21.5 Å². The molecule has 0 saturated heterocycles. The van der Waals surface area contributed by atoms with Gasteiger partial charge in [0.1, 0.15) is 11.7 Å². The first-order chi connectivity index (χ1) is 18.0. The van der Waals surface area contributed by atoms with Gasteiger partial charge in [-0.1, -0.05) is 41.9 Å². The Hall–Kier alpha value is -2.85. The Balaban J connectivity index is 1.39. The van der Waals surface area contributed by atoms with Gasteiger partial charge in [0, 0.05) is 17.3 Å². The van der Waals surface area contributed by atoms with Crippen LogP contribution in [0.3, 0.4) is 0 Å². The molecule has 0 heterocycles. The first-order valence-electron chi connectivity index (χ1n) is 12.3. The highest BCUT2D eigenvalue weighted by atomic mass is 35.5. The molecule has 2 fully saturated rings. The van der Waals surface area contributed by atoms with Crippen molar-refractivity contribution in [3.8, 4) is 0 Å². The van der Waals surface area contributed by atoms with Gasteiger partial charge in [0.2, 0.25) is 0 Å². The number of rotatable bonds is 6. The number of hydrogen-bond acceptors (Lipinski definition) is 5. The minimum atomic E-state index is -4.01. The molecular formula is C28H26ClF2NO5S. The highest BCUT2D eigenvalue weighted by Gasteiger charge is 2.59. The fourth-order valence-electron chi connectivity index (χ4n) is 5.96. The maximum atomic E-state index is 13.7. The largest absolute Gasteiger partial charge is 0.386 e. The van der Waals surface area contributed by atoms with Crippen LogP contribution in [0.25, 0.3) is 0 Å². The highest BCUT2D eigenvalue weighted by molar-refractivity contribution is 7.92. The molecule has 5 atom stereocenters. The third kappa shape index (κ3) is 4.62. The van der Waals surface area contributed by atoms with Gasteiger partial charge in [-0.2, -0.15) is 0 Å². The van der Waals surface area contributed by atoms with E-state index >= 15 is 0 Å². The first kappa shape index (κ1) is 26.7. The number of carbonyl (C=O) groups is 1. The molecule has 0 aromatic heterocycles. The number of halogens is 3. The van der Waals surface area contributed by atoms with Gasteiger partial charge >= 0.3 is 0 Å². The van der Waals surface area contributed by atoms with Gasteiger partial charge in [-0.25, -0.2) is 17.2 Å². The van der Waals surface area contributed by atoms with E-state index in [9.17, 15) is 32.2 Å². The molecule has 5 rings (SSSR count). The second-order valence-corrected chi connectivity index (χ2v) is 12.6. The Morgan fingerprint density at radius 3 is 2.26 bits per heavy atom. The van der Waals surface area contributed by atoms with Crippen molar-refractivity contribution in [3.05, 3.63) is 94.5 Å². The van der Waals surface area contributed by atoms with E-state index in [0.717, 1.165) is 12.1 Å². The third-order valence-electron chi connectivity index (χ3n) is 7.94. The van der Waals surface area contributed by atoms with Gasteiger partial charge in [-0.05, 0) is 73.4 Å². The Morgan fingerprint density at radius 2 is 1.63 bits per heavy atom. The SMILES string of the molecule is O=C(Nc1ccc(F)c(F)c1)c1ccc(Cl)c(S(=O)(=O)[C@@H]2C[C@H]3CC[C@@H](C2)[C@@]3(O)C(O)c2ccccc2)c1. The number of nitrogens with one attached hydrogen (secondary N) is 1. The minimum absolute atomic E-state index is 0.00775. The van der Waals surface area contributed by atoms with Crippen LogP contribution in [0.4, 0.5) is 14.5 Å². The minimum Gasteiger partial charge on any atom is -0.386 e. The van der Waals surface area contributed by atoms with Gasteiger partial charge < -0.3 is 15.5 Å². The number of hydrogen-bond donors (Lipinski definition) is 3. The second kappa shape index (κ2) is 10.0. The Bertz CT molecular complexity index is 1470. The molecule has 0 radical (unpaired) electrons. The summed E-state index contributed by atoms with van der Waals surface area (Å²) in [5, 5.41) is 24.2. The molecule has 2 bridgehead atoms. The summed E-state index contributed by atoms with van der Waals surface area (Å²) in [5.41, 5.74) is -0.875. The van der Waals surface area contributed by atoms with Crippen molar-refractivity contribution >= 4 is 33.0 Å². The lowest BCUT2D eigenvalue weighted by Gasteiger charge is -2.45. The van der Waals surface area contributed by atoms with Crippen molar-refractivity contribution < 1.29 is 32.2 Å². The zero-order valence-corrected chi connectivity index (χ0v) is 21.7. The quantitative estimate of drug-likeness (QED) is 0.379. The van der Waals surface area contributed by atoms with Crippen molar-refractivity contribution in [2.45, 2.75) is 47.5 Å². The summed E-state index contributed by atoms with van der Waals surface area (Å²) in [4.78, 5) is 12.5. The highest BCUT2D eigenvalue weighted by Crippen LogP contribution is 2.56. The predicted molar refractivity (Wildman–Crippen MR) is 139 cm³/mol. The predicted octanol–water partition coefficient (Wildman–Crippen LogP) is 5.30. The average molecular weight is 562 g/mol. The number of amides is 1. The topological polar surface area (TPSA) is 104 Å². The summed E-state index contributed by atoms with van der Waals surface area (Å²) in [7, 11) is -4.01. The number of aliphatic hydroxyl groups is 2. The van der Waals surface area contributed by atoms with E-state index in [4.69, 9.17) is 11.6 Å². The summed E-state index contributed by atoms with van der Waals surface area (Å²) in [6, 6.07) is 15.5. The summed E-state index contributed by atoms with van der Waals surface area (Å²) in [5.74, 6) is -3.78. The van der Waals surface area contributed by atoms with Crippen LogP contribution in [-0.4, -0.2) is 35.4 Å². The lowest BCUT2D eigenvalue weighted by Crippen LogP contribution is -2.52. The first-order valence-corrected chi connectivity index (χ1v) is 14.2. The van der Waals surface area contributed by atoms with E-state index in [1.807, 2.05) is 6.07 Å². The molecule has 0 spiro atoms. The monoisotopic (exact) mass is 561 g/mol. The van der Waals surface area contributed by atoms with Gasteiger partial charge in [0.25, 0.3) is 5.91 Å². The normalized spacial score (nSPS) is 25.7. The molecular weight excluding hydrogens is 536 g/mol. The molecule has 2 aliphatic rings. The number of benzene rings is 3. The maximum Gasteiger partial charge on any atom is 0.255 e.